The Hall–Kier alpha value is -3.69. The van der Waals surface area contributed by atoms with Crippen molar-refractivity contribution >= 4 is 51.2 Å². The Kier molecular flexibility index (Phi) is 14.6. The van der Waals surface area contributed by atoms with Crippen LogP contribution < -0.4 is 26.0 Å². The first-order valence-electron chi connectivity index (χ1n) is 18.7. The molecule has 0 radical (unpaired) electrons. The smallest absolute Gasteiger partial charge is 0.315 e. The Morgan fingerprint density at radius 3 is 2.25 bits per heavy atom. The zero-order valence-electron chi connectivity index (χ0n) is 34.2. The normalized spacial score (nSPS) is 20.7. The first-order valence-corrected chi connectivity index (χ1v) is 20.6. The van der Waals surface area contributed by atoms with Crippen LogP contribution in [0.15, 0.2) is 35.7 Å². The van der Waals surface area contributed by atoms with Gasteiger partial charge in [0, 0.05) is 37.7 Å². The van der Waals surface area contributed by atoms with Gasteiger partial charge < -0.3 is 30.9 Å². The summed E-state index contributed by atoms with van der Waals surface area (Å²) in [5, 5.41) is 11.2. The second kappa shape index (κ2) is 17.6. The van der Waals surface area contributed by atoms with Crippen LogP contribution in [-0.4, -0.2) is 105 Å². The third kappa shape index (κ3) is 10.6. The number of unbranched alkanes of at least 4 members (excludes halogenated alkanes) is 1. The molecule has 1 heterocycles. The maximum absolute atomic E-state index is 14.5. The van der Waals surface area contributed by atoms with Crippen LogP contribution in [0.3, 0.4) is 0 Å². The number of piperidine rings is 1. The van der Waals surface area contributed by atoms with Gasteiger partial charge in [0.1, 0.15) is 22.7 Å². The van der Waals surface area contributed by atoms with E-state index >= 15 is 0 Å². The highest BCUT2D eigenvalue weighted by atomic mass is 35.5. The highest BCUT2D eigenvalue weighted by Crippen LogP contribution is 2.65. The van der Waals surface area contributed by atoms with Gasteiger partial charge in [0.2, 0.25) is 27.6 Å². The van der Waals surface area contributed by atoms with Crippen molar-refractivity contribution < 1.29 is 37.1 Å². The van der Waals surface area contributed by atoms with Crippen LogP contribution in [0, 0.1) is 28.1 Å². The minimum Gasteiger partial charge on any atom is -0.495 e. The van der Waals surface area contributed by atoms with E-state index in [1.807, 2.05) is 41.5 Å². The number of sulfonamides is 1. The topological polar surface area (TPSA) is 183 Å². The van der Waals surface area contributed by atoms with E-state index in [-0.39, 0.29) is 59.0 Å². The van der Waals surface area contributed by atoms with Gasteiger partial charge in [-0.2, -0.15) is 4.31 Å². The van der Waals surface area contributed by atoms with Crippen LogP contribution in [0.2, 0.25) is 5.02 Å². The molecule has 55 heavy (non-hydrogen) atoms. The SMILES string of the molecule is C=CCNC(=O)C(=O)C(CCCC)NC(=O)[C@@H]1[C@@H]2[C@H](CN1C(=O)[C@@H](NC(=O)N[C@H](CN(C)S(=O)(=O)c1cc(Cl)ccc1OC)C(C)(C)C)C(C)(C)C)C2(C)C. The monoisotopic (exact) mass is 808 g/mol. The highest BCUT2D eigenvalue weighted by Gasteiger charge is 2.70. The predicted octanol–water partition coefficient (Wildman–Crippen LogP) is 4.13. The molecule has 0 spiro atoms. The van der Waals surface area contributed by atoms with Gasteiger partial charge in [-0.25, -0.2) is 13.2 Å². The van der Waals surface area contributed by atoms with E-state index in [4.69, 9.17) is 16.3 Å². The Bertz CT molecular complexity index is 1740. The Labute approximate surface area is 331 Å². The number of rotatable bonds is 17. The van der Waals surface area contributed by atoms with Crippen LogP contribution in [0.5, 0.6) is 5.75 Å². The molecule has 2 fully saturated rings. The quantitative estimate of drug-likeness (QED) is 0.134. The molecule has 1 aliphatic heterocycles. The Balaban J connectivity index is 1.86. The molecule has 6 atom stereocenters. The third-order valence-electron chi connectivity index (χ3n) is 10.9. The van der Waals surface area contributed by atoms with Crippen LogP contribution in [0.1, 0.15) is 81.6 Å². The van der Waals surface area contributed by atoms with Crippen molar-refractivity contribution in [3.63, 3.8) is 0 Å². The third-order valence-corrected chi connectivity index (χ3v) is 12.9. The van der Waals surface area contributed by atoms with Gasteiger partial charge >= 0.3 is 6.03 Å². The number of benzene rings is 1. The number of Topliss-reactive ketones (excluding diaryl/α,β-unsaturated/α-hetero) is 1. The lowest BCUT2D eigenvalue weighted by molar-refractivity contribution is -0.145. The van der Waals surface area contributed by atoms with Crippen molar-refractivity contribution in [1.82, 2.24) is 30.5 Å². The number of ketones is 1. The maximum atomic E-state index is 14.5. The number of likely N-dealkylation sites (N-methyl/N-ethyl adjacent to an activating group) is 1. The number of amides is 5. The van der Waals surface area contributed by atoms with E-state index in [0.717, 1.165) is 10.7 Å². The van der Waals surface area contributed by atoms with Gasteiger partial charge in [-0.05, 0) is 52.7 Å². The van der Waals surface area contributed by atoms with Crippen molar-refractivity contribution in [2.45, 2.75) is 111 Å². The van der Waals surface area contributed by atoms with E-state index in [9.17, 15) is 32.4 Å². The minimum atomic E-state index is -4.11. The molecule has 4 N–H and O–H groups in total. The largest absolute Gasteiger partial charge is 0.495 e. The Morgan fingerprint density at radius 2 is 1.71 bits per heavy atom. The second-order valence-corrected chi connectivity index (χ2v) is 19.8. The first-order chi connectivity index (χ1) is 25.3. The summed E-state index contributed by atoms with van der Waals surface area (Å²) < 4.78 is 33.8. The zero-order chi connectivity index (χ0) is 41.8. The molecule has 3 rings (SSSR count). The molecule has 0 aromatic heterocycles. The van der Waals surface area contributed by atoms with Crippen LogP contribution >= 0.6 is 11.6 Å². The number of carbonyl (C=O) groups is 5. The molecular formula is C39H61ClN6O8S. The number of carbonyl (C=O) groups excluding carboxylic acids is 5. The fraction of sp³-hybridized carbons (Fsp3) is 0.667. The van der Waals surface area contributed by atoms with Crippen molar-refractivity contribution in [3.05, 3.63) is 35.9 Å². The number of urea groups is 1. The van der Waals surface area contributed by atoms with Gasteiger partial charge in [0.15, 0.2) is 0 Å². The molecule has 5 amide bonds. The number of likely N-dealkylation sites (tertiary alicyclic amines) is 1. The Morgan fingerprint density at radius 1 is 1.07 bits per heavy atom. The van der Waals surface area contributed by atoms with E-state index in [1.165, 1.54) is 43.3 Å². The predicted molar refractivity (Wildman–Crippen MR) is 212 cm³/mol. The fourth-order valence-electron chi connectivity index (χ4n) is 7.21. The summed E-state index contributed by atoms with van der Waals surface area (Å²) in [4.78, 5) is 69.6. The van der Waals surface area contributed by atoms with Gasteiger partial charge in [-0.1, -0.05) is 92.8 Å². The average Bonchev–Trinajstić information content (AvgIpc) is 3.39. The summed E-state index contributed by atoms with van der Waals surface area (Å²) >= 11 is 6.13. The second-order valence-electron chi connectivity index (χ2n) is 17.4. The summed E-state index contributed by atoms with van der Waals surface area (Å²) in [6, 6.07) is -0.229. The number of methoxy groups -OCH3 is 1. The first kappa shape index (κ1) is 45.7. The van der Waals surface area contributed by atoms with E-state index < -0.39 is 74.6 Å². The van der Waals surface area contributed by atoms with Crippen molar-refractivity contribution in [1.29, 1.82) is 0 Å². The van der Waals surface area contributed by atoms with Gasteiger partial charge in [0.05, 0.1) is 13.2 Å². The lowest BCUT2D eigenvalue weighted by Gasteiger charge is -2.39. The van der Waals surface area contributed by atoms with E-state index in [2.05, 4.69) is 27.8 Å². The standard InChI is InChI=1S/C39H61ClN6O8S/c1-13-15-16-25(31(47)34(49)41-19-14-2)42-33(48)30-29-24(39(29,9)10)21-46(30)35(50)32(38(6,7)8)44-36(51)43-28(37(3,4)5)22-45(11)55(52,53)27-20-23(40)17-18-26(27)54-12/h14,17-18,20,24-25,28-30,32H,2,13,15-16,19,21-22H2,1,3-12H3,(H,41,49)(H,42,48)(H2,43,44,51)/t24-,25?,28+,29-,30-,32+/m0/s1. The average molecular weight is 809 g/mol. The molecule has 2 aliphatic rings. The number of ether oxygens (including phenoxy) is 1. The van der Waals surface area contributed by atoms with Crippen LogP contribution in [-0.2, 0) is 29.2 Å². The van der Waals surface area contributed by atoms with Crippen LogP contribution in [0.4, 0.5) is 4.79 Å². The van der Waals surface area contributed by atoms with Crippen LogP contribution in [0.25, 0.3) is 0 Å². The maximum Gasteiger partial charge on any atom is 0.315 e. The van der Waals surface area contributed by atoms with Gasteiger partial charge in [0.25, 0.3) is 5.91 Å². The molecule has 1 saturated heterocycles. The fourth-order valence-corrected chi connectivity index (χ4v) is 8.81. The molecule has 308 valence electrons. The van der Waals surface area contributed by atoms with Crippen molar-refractivity contribution in [3.8, 4) is 5.75 Å². The number of nitrogens with zero attached hydrogens (tertiary/aromatic N) is 2. The molecule has 0 bridgehead atoms. The number of hydrogen-bond donors (Lipinski definition) is 4. The summed E-state index contributed by atoms with van der Waals surface area (Å²) in [7, 11) is -1.36. The summed E-state index contributed by atoms with van der Waals surface area (Å²) in [5.41, 5.74) is -1.70. The zero-order valence-corrected chi connectivity index (χ0v) is 35.7. The molecule has 1 unspecified atom stereocenters. The molecule has 1 aromatic rings. The molecule has 14 nitrogen and oxygen atoms in total. The number of hydrogen-bond acceptors (Lipinski definition) is 8. The molecule has 1 aliphatic carbocycles. The number of nitrogens with one attached hydrogen (secondary N) is 4. The van der Waals surface area contributed by atoms with Crippen molar-refractivity contribution in [2.24, 2.45) is 28.1 Å². The van der Waals surface area contributed by atoms with Gasteiger partial charge in [-0.3, -0.25) is 19.2 Å². The lowest BCUT2D eigenvalue weighted by atomic mass is 9.85. The molecule has 1 saturated carbocycles. The molecular weight excluding hydrogens is 748 g/mol. The van der Waals surface area contributed by atoms with E-state index in [0.29, 0.717) is 6.42 Å². The summed E-state index contributed by atoms with van der Waals surface area (Å²) in [6.07, 6.45) is 3.03. The minimum absolute atomic E-state index is 0.0169. The highest BCUT2D eigenvalue weighted by molar-refractivity contribution is 7.89. The number of fused-ring (bicyclic) bond motifs is 1. The van der Waals surface area contributed by atoms with Gasteiger partial charge in [-0.15, -0.1) is 6.58 Å². The lowest BCUT2D eigenvalue weighted by Crippen LogP contribution is -2.62. The van der Waals surface area contributed by atoms with Crippen molar-refractivity contribution in [2.75, 3.05) is 33.8 Å². The molecule has 1 aromatic carbocycles. The van der Waals surface area contributed by atoms with E-state index in [1.54, 1.807) is 20.8 Å². The summed E-state index contributed by atoms with van der Waals surface area (Å²) in [5.74, 6) is -2.64. The number of halogens is 1. The summed E-state index contributed by atoms with van der Waals surface area (Å²) in [6.45, 7) is 20.8. The molecule has 16 heteroatoms.